The maximum atomic E-state index is 2.38. The van der Waals surface area contributed by atoms with Crippen LogP contribution in [0.25, 0.3) is 0 Å². The molecule has 1 aromatic carbocycles. The van der Waals surface area contributed by atoms with Crippen molar-refractivity contribution in [3.8, 4) is 0 Å². The largest absolute Gasteiger partial charge is 0.305 e. The first-order valence-corrected chi connectivity index (χ1v) is 5.76. The summed E-state index contributed by atoms with van der Waals surface area (Å²) in [4.78, 5) is 2.38. The van der Waals surface area contributed by atoms with Crippen molar-refractivity contribution in [2.45, 2.75) is 32.1 Å². The van der Waals surface area contributed by atoms with E-state index in [4.69, 9.17) is 0 Å². The molecule has 1 saturated heterocycles. The molecule has 82 valence electrons. The molecular weight excluding hydrogens is 182 g/mol. The molecule has 0 amide bonds. The van der Waals surface area contributed by atoms with E-state index < -0.39 is 0 Å². The Morgan fingerprint density at radius 3 is 2.27 bits per heavy atom. The van der Waals surface area contributed by atoms with Crippen molar-refractivity contribution in [2.75, 3.05) is 20.1 Å². The van der Waals surface area contributed by atoms with E-state index in [1.54, 1.807) is 5.56 Å². The van der Waals surface area contributed by atoms with Gasteiger partial charge < -0.3 is 4.90 Å². The van der Waals surface area contributed by atoms with Crippen LogP contribution in [0.1, 0.15) is 37.8 Å². The SMILES string of the molecule is CN1CC(c2ccccc2C(C)(C)C)C1. The topological polar surface area (TPSA) is 3.24 Å². The molecule has 0 N–H and O–H groups in total. The van der Waals surface area contributed by atoms with Crippen LogP contribution in [0.5, 0.6) is 0 Å². The molecule has 0 bridgehead atoms. The van der Waals surface area contributed by atoms with E-state index in [0.29, 0.717) is 0 Å². The molecule has 1 nitrogen and oxygen atoms in total. The first kappa shape index (κ1) is 10.7. The zero-order valence-electron chi connectivity index (χ0n) is 10.2. The third-order valence-electron chi connectivity index (χ3n) is 3.27. The molecule has 0 spiro atoms. The minimum absolute atomic E-state index is 0.269. The number of rotatable bonds is 1. The van der Waals surface area contributed by atoms with Crippen LogP contribution >= 0.6 is 0 Å². The summed E-state index contributed by atoms with van der Waals surface area (Å²) in [5.41, 5.74) is 3.34. The number of likely N-dealkylation sites (N-methyl/N-ethyl adjacent to an activating group) is 1. The van der Waals surface area contributed by atoms with Crippen LogP contribution in [0.2, 0.25) is 0 Å². The zero-order chi connectivity index (χ0) is 11.1. The third kappa shape index (κ3) is 2.07. The Balaban J connectivity index is 2.31. The molecule has 1 heteroatoms. The molecule has 0 saturated carbocycles. The number of benzene rings is 1. The van der Waals surface area contributed by atoms with Crippen LogP contribution in [0.4, 0.5) is 0 Å². The van der Waals surface area contributed by atoms with Crippen LogP contribution in [0, 0.1) is 0 Å². The standard InChI is InChI=1S/C14H21N/c1-14(2,3)13-8-6-5-7-12(13)11-9-15(4)10-11/h5-8,11H,9-10H2,1-4H3. The van der Waals surface area contributed by atoms with Crippen LogP contribution in [0.15, 0.2) is 24.3 Å². The van der Waals surface area contributed by atoms with Crippen molar-refractivity contribution in [1.29, 1.82) is 0 Å². The van der Waals surface area contributed by atoms with Crippen LogP contribution in [-0.2, 0) is 5.41 Å². The van der Waals surface area contributed by atoms with Gasteiger partial charge in [-0.25, -0.2) is 0 Å². The van der Waals surface area contributed by atoms with E-state index in [2.05, 4.69) is 57.0 Å². The van der Waals surface area contributed by atoms with Gasteiger partial charge in [0.05, 0.1) is 0 Å². The van der Waals surface area contributed by atoms with Crippen LogP contribution in [0.3, 0.4) is 0 Å². The monoisotopic (exact) mass is 203 g/mol. The minimum Gasteiger partial charge on any atom is -0.305 e. The van der Waals surface area contributed by atoms with Crippen LogP contribution < -0.4 is 0 Å². The summed E-state index contributed by atoms with van der Waals surface area (Å²) in [7, 11) is 2.19. The predicted octanol–water partition coefficient (Wildman–Crippen LogP) is 3.01. The number of likely N-dealkylation sites (tertiary alicyclic amines) is 1. The molecule has 2 rings (SSSR count). The molecule has 1 aromatic rings. The second-order valence-corrected chi connectivity index (χ2v) is 5.76. The molecule has 0 aliphatic carbocycles. The van der Waals surface area contributed by atoms with Gasteiger partial charge in [0.25, 0.3) is 0 Å². The molecule has 0 atom stereocenters. The molecule has 0 radical (unpaired) electrons. The Hall–Kier alpha value is -0.820. The van der Waals surface area contributed by atoms with Gasteiger partial charge in [-0.05, 0) is 23.6 Å². The second kappa shape index (κ2) is 3.64. The lowest BCUT2D eigenvalue weighted by Crippen LogP contribution is -2.42. The van der Waals surface area contributed by atoms with Gasteiger partial charge in [0.1, 0.15) is 0 Å². The summed E-state index contributed by atoms with van der Waals surface area (Å²) in [6.07, 6.45) is 0. The maximum absolute atomic E-state index is 2.38. The molecule has 0 unspecified atom stereocenters. The lowest BCUT2D eigenvalue weighted by molar-refractivity contribution is 0.188. The third-order valence-corrected chi connectivity index (χ3v) is 3.27. The summed E-state index contributed by atoms with van der Waals surface area (Å²) < 4.78 is 0. The molecule has 15 heavy (non-hydrogen) atoms. The van der Waals surface area contributed by atoms with Crippen LogP contribution in [-0.4, -0.2) is 25.0 Å². The van der Waals surface area contributed by atoms with Gasteiger partial charge in [0, 0.05) is 19.0 Å². The van der Waals surface area contributed by atoms with Gasteiger partial charge in [-0.2, -0.15) is 0 Å². The number of hydrogen-bond donors (Lipinski definition) is 0. The zero-order valence-corrected chi connectivity index (χ0v) is 10.2. The van der Waals surface area contributed by atoms with Crippen molar-refractivity contribution < 1.29 is 0 Å². The van der Waals surface area contributed by atoms with Gasteiger partial charge in [-0.3, -0.25) is 0 Å². The highest BCUT2D eigenvalue weighted by atomic mass is 15.2. The van der Waals surface area contributed by atoms with Crippen molar-refractivity contribution >= 4 is 0 Å². The van der Waals surface area contributed by atoms with E-state index in [1.165, 1.54) is 18.7 Å². The quantitative estimate of drug-likeness (QED) is 0.678. The minimum atomic E-state index is 0.269. The van der Waals surface area contributed by atoms with Gasteiger partial charge in [-0.15, -0.1) is 0 Å². The maximum Gasteiger partial charge on any atom is 0.00963 e. The van der Waals surface area contributed by atoms with Gasteiger partial charge in [-0.1, -0.05) is 45.0 Å². The second-order valence-electron chi connectivity index (χ2n) is 5.76. The van der Waals surface area contributed by atoms with Crippen molar-refractivity contribution in [2.24, 2.45) is 0 Å². The Bertz CT molecular complexity index is 343. The molecule has 1 heterocycles. The Labute approximate surface area is 93.1 Å². The van der Waals surface area contributed by atoms with E-state index >= 15 is 0 Å². The summed E-state index contributed by atoms with van der Waals surface area (Å²) in [5, 5.41) is 0. The van der Waals surface area contributed by atoms with Gasteiger partial charge in [0.15, 0.2) is 0 Å². The Kier molecular flexibility index (Phi) is 2.59. The highest BCUT2D eigenvalue weighted by molar-refractivity contribution is 5.37. The molecule has 1 fully saturated rings. The smallest absolute Gasteiger partial charge is 0.00963 e. The summed E-state index contributed by atoms with van der Waals surface area (Å²) in [5.74, 6) is 0.755. The highest BCUT2D eigenvalue weighted by Gasteiger charge is 2.29. The summed E-state index contributed by atoms with van der Waals surface area (Å²) in [6.45, 7) is 9.33. The number of hydrogen-bond acceptors (Lipinski definition) is 1. The molecular formula is C14H21N. The lowest BCUT2D eigenvalue weighted by atomic mass is 9.78. The predicted molar refractivity (Wildman–Crippen MR) is 65.4 cm³/mol. The van der Waals surface area contributed by atoms with Gasteiger partial charge >= 0.3 is 0 Å². The van der Waals surface area contributed by atoms with E-state index in [-0.39, 0.29) is 5.41 Å². The fourth-order valence-electron chi connectivity index (χ4n) is 2.43. The Morgan fingerprint density at radius 1 is 1.13 bits per heavy atom. The normalized spacial score (nSPS) is 18.9. The first-order valence-electron chi connectivity index (χ1n) is 5.76. The van der Waals surface area contributed by atoms with Crippen molar-refractivity contribution in [3.63, 3.8) is 0 Å². The van der Waals surface area contributed by atoms with E-state index in [9.17, 15) is 0 Å². The summed E-state index contributed by atoms with van der Waals surface area (Å²) in [6, 6.07) is 8.92. The van der Waals surface area contributed by atoms with E-state index in [0.717, 1.165) is 5.92 Å². The summed E-state index contributed by atoms with van der Waals surface area (Å²) >= 11 is 0. The van der Waals surface area contributed by atoms with Crippen molar-refractivity contribution in [1.82, 2.24) is 4.90 Å². The Morgan fingerprint density at radius 2 is 1.73 bits per heavy atom. The molecule has 0 aromatic heterocycles. The van der Waals surface area contributed by atoms with E-state index in [1.807, 2.05) is 0 Å². The fraction of sp³-hybridized carbons (Fsp3) is 0.571. The molecule has 1 aliphatic heterocycles. The number of nitrogens with zero attached hydrogens (tertiary/aromatic N) is 1. The first-order chi connectivity index (χ1) is 6.98. The average molecular weight is 203 g/mol. The fourth-order valence-corrected chi connectivity index (χ4v) is 2.43. The lowest BCUT2D eigenvalue weighted by Gasteiger charge is -2.39. The molecule has 1 aliphatic rings. The van der Waals surface area contributed by atoms with Crippen molar-refractivity contribution in [3.05, 3.63) is 35.4 Å². The van der Waals surface area contributed by atoms with Gasteiger partial charge in [0.2, 0.25) is 0 Å². The average Bonchev–Trinajstić information content (AvgIpc) is 2.12. The highest BCUT2D eigenvalue weighted by Crippen LogP contribution is 2.34.